The average molecular weight is 376 g/mol. The lowest BCUT2D eigenvalue weighted by atomic mass is 9.94. The van der Waals surface area contributed by atoms with Crippen LogP contribution in [-0.4, -0.2) is 64.8 Å². The van der Waals surface area contributed by atoms with Gasteiger partial charge in [0.05, 0.1) is 6.26 Å². The van der Waals surface area contributed by atoms with Gasteiger partial charge in [-0.25, -0.2) is 13.4 Å². The Morgan fingerprint density at radius 1 is 1.19 bits per heavy atom. The van der Waals surface area contributed by atoms with Crippen molar-refractivity contribution in [3.05, 3.63) is 46.5 Å². The lowest BCUT2D eigenvalue weighted by molar-refractivity contribution is 0.0586. The molecule has 3 fully saturated rings. The lowest BCUT2D eigenvalue weighted by Gasteiger charge is -2.36. The number of hydrogen-bond donors (Lipinski definition) is 0. The third-order valence-electron chi connectivity index (χ3n) is 5.25. The molecule has 0 unspecified atom stereocenters. The molecule has 0 radical (unpaired) electrons. The fourth-order valence-corrected chi connectivity index (χ4v) is 4.81. The van der Waals surface area contributed by atoms with E-state index >= 15 is 0 Å². The van der Waals surface area contributed by atoms with Crippen LogP contribution in [0.25, 0.3) is 5.65 Å². The van der Waals surface area contributed by atoms with Crippen LogP contribution in [0.2, 0.25) is 0 Å². The van der Waals surface area contributed by atoms with Crippen molar-refractivity contribution in [3.63, 3.8) is 0 Å². The highest BCUT2D eigenvalue weighted by molar-refractivity contribution is 7.88. The van der Waals surface area contributed by atoms with Crippen LogP contribution in [-0.2, 0) is 10.0 Å². The van der Waals surface area contributed by atoms with Crippen LogP contribution in [0.3, 0.4) is 0 Å². The number of carbonyl (C=O) groups excluding carboxylic acids is 1. The van der Waals surface area contributed by atoms with E-state index in [1.165, 1.54) is 21.2 Å². The molecule has 0 spiro atoms. The zero-order chi connectivity index (χ0) is 18.5. The maximum atomic E-state index is 13.1. The van der Waals surface area contributed by atoms with Gasteiger partial charge in [0.2, 0.25) is 10.0 Å². The van der Waals surface area contributed by atoms with E-state index in [1.54, 1.807) is 29.3 Å². The van der Waals surface area contributed by atoms with Gasteiger partial charge in [-0.1, -0.05) is 6.07 Å². The SMILES string of the molecule is CS(=O)(=O)N1C[C@@H]2CC[C@H](C1)N(C(=O)c1cnc3ccccn3c1=O)C2. The Hall–Kier alpha value is -2.26. The lowest BCUT2D eigenvalue weighted by Crippen LogP contribution is -2.49. The predicted octanol–water partition coefficient (Wildman–Crippen LogP) is 0.190. The Morgan fingerprint density at radius 2 is 2.00 bits per heavy atom. The van der Waals surface area contributed by atoms with Gasteiger partial charge in [0.25, 0.3) is 11.5 Å². The minimum absolute atomic E-state index is 0.0205. The van der Waals surface area contributed by atoms with Crippen LogP contribution in [0.15, 0.2) is 35.4 Å². The molecule has 9 heteroatoms. The van der Waals surface area contributed by atoms with Gasteiger partial charge in [-0.15, -0.1) is 0 Å². The number of piperidine rings is 1. The highest BCUT2D eigenvalue weighted by Crippen LogP contribution is 2.29. The number of aromatic nitrogens is 2. The van der Waals surface area contributed by atoms with Crippen LogP contribution in [0.5, 0.6) is 0 Å². The molecule has 3 aliphatic heterocycles. The van der Waals surface area contributed by atoms with Crippen molar-refractivity contribution in [2.75, 3.05) is 25.9 Å². The molecule has 2 atom stereocenters. The maximum Gasteiger partial charge on any atom is 0.270 e. The Balaban J connectivity index is 1.69. The molecular formula is C17H20N4O4S. The van der Waals surface area contributed by atoms with Crippen LogP contribution in [0.4, 0.5) is 0 Å². The quantitative estimate of drug-likeness (QED) is 0.746. The molecule has 2 aromatic rings. The number of hydrogen-bond acceptors (Lipinski definition) is 5. The zero-order valence-corrected chi connectivity index (χ0v) is 15.2. The molecule has 5 heterocycles. The summed E-state index contributed by atoms with van der Waals surface area (Å²) in [6, 6.07) is 4.97. The Morgan fingerprint density at radius 3 is 2.77 bits per heavy atom. The summed E-state index contributed by atoms with van der Waals surface area (Å²) in [5.74, 6) is -0.283. The van der Waals surface area contributed by atoms with E-state index in [9.17, 15) is 18.0 Å². The third kappa shape index (κ3) is 2.90. The van der Waals surface area contributed by atoms with Gasteiger partial charge in [-0.05, 0) is 30.9 Å². The third-order valence-corrected chi connectivity index (χ3v) is 6.49. The number of sulfonamides is 1. The largest absolute Gasteiger partial charge is 0.334 e. The van der Waals surface area contributed by atoms with E-state index in [1.807, 2.05) is 0 Å². The first-order chi connectivity index (χ1) is 12.3. The normalized spacial score (nSPS) is 24.0. The van der Waals surface area contributed by atoms with E-state index in [2.05, 4.69) is 4.98 Å². The summed E-state index contributed by atoms with van der Waals surface area (Å²) in [6.07, 6.45) is 5.73. The van der Waals surface area contributed by atoms with Gasteiger partial charge in [0.15, 0.2) is 0 Å². The van der Waals surface area contributed by atoms with Gasteiger partial charge in [-0.3, -0.25) is 14.0 Å². The molecular weight excluding hydrogens is 356 g/mol. The first-order valence-electron chi connectivity index (χ1n) is 8.57. The van der Waals surface area contributed by atoms with Crippen molar-refractivity contribution in [2.24, 2.45) is 5.92 Å². The summed E-state index contributed by atoms with van der Waals surface area (Å²) >= 11 is 0. The molecule has 1 amide bonds. The topological polar surface area (TPSA) is 92.1 Å². The standard InChI is InChI=1S/C17H20N4O4S/c1-26(24,25)19-9-12-5-6-13(11-19)21(10-12)17(23)14-8-18-15-4-2-3-7-20(15)16(14)22/h2-4,7-8,12-13H,5-6,9-11H2,1H3/t12-,13+/m0/s1. The van der Waals surface area contributed by atoms with Crippen molar-refractivity contribution >= 4 is 21.6 Å². The van der Waals surface area contributed by atoms with Crippen LogP contribution < -0.4 is 5.56 Å². The first-order valence-corrected chi connectivity index (χ1v) is 10.4. The number of carbonyl (C=O) groups is 1. The Kier molecular flexibility index (Phi) is 4.07. The first kappa shape index (κ1) is 17.2. The molecule has 0 aromatic carbocycles. The fraction of sp³-hybridized carbons (Fsp3) is 0.471. The second-order valence-electron chi connectivity index (χ2n) is 7.04. The van der Waals surface area contributed by atoms with Gasteiger partial charge in [0, 0.05) is 38.1 Å². The second-order valence-corrected chi connectivity index (χ2v) is 9.02. The summed E-state index contributed by atoms with van der Waals surface area (Å²) in [5.41, 5.74) is 0.0996. The number of nitrogens with zero attached hydrogens (tertiary/aromatic N) is 4. The molecule has 138 valence electrons. The van der Waals surface area contributed by atoms with Gasteiger partial charge in [0.1, 0.15) is 11.2 Å². The van der Waals surface area contributed by atoms with Gasteiger partial charge < -0.3 is 4.90 Å². The molecule has 3 aliphatic rings. The van der Waals surface area contributed by atoms with Gasteiger partial charge >= 0.3 is 0 Å². The molecule has 0 N–H and O–H groups in total. The number of pyridine rings is 1. The number of rotatable bonds is 2. The van der Waals surface area contributed by atoms with Crippen molar-refractivity contribution in [1.82, 2.24) is 18.6 Å². The fourth-order valence-electron chi connectivity index (χ4n) is 3.89. The minimum Gasteiger partial charge on any atom is -0.334 e. The molecule has 0 aliphatic carbocycles. The van der Waals surface area contributed by atoms with Crippen molar-refractivity contribution < 1.29 is 13.2 Å². The summed E-state index contributed by atoms with van der Waals surface area (Å²) in [4.78, 5) is 31.6. The van der Waals surface area contributed by atoms with Gasteiger partial charge in [-0.2, -0.15) is 4.31 Å². The van der Waals surface area contributed by atoms with E-state index in [0.717, 1.165) is 12.8 Å². The number of fused-ring (bicyclic) bond motifs is 5. The highest BCUT2D eigenvalue weighted by Gasteiger charge is 2.40. The van der Waals surface area contributed by atoms with Crippen LogP contribution >= 0.6 is 0 Å². The molecule has 2 bridgehead atoms. The molecule has 0 saturated carbocycles. The van der Waals surface area contributed by atoms with Crippen molar-refractivity contribution in [1.29, 1.82) is 0 Å². The van der Waals surface area contributed by atoms with Crippen molar-refractivity contribution in [3.8, 4) is 0 Å². The highest BCUT2D eigenvalue weighted by atomic mass is 32.2. The zero-order valence-electron chi connectivity index (χ0n) is 14.4. The van der Waals surface area contributed by atoms with E-state index in [4.69, 9.17) is 0 Å². The Labute approximate surface area is 151 Å². The summed E-state index contributed by atoms with van der Waals surface area (Å²) in [6.45, 7) is 1.17. The number of amides is 1. The minimum atomic E-state index is -3.31. The van der Waals surface area contributed by atoms with Crippen molar-refractivity contribution in [2.45, 2.75) is 18.9 Å². The smallest absolute Gasteiger partial charge is 0.270 e. The molecule has 8 nitrogen and oxygen atoms in total. The Bertz CT molecular complexity index is 1030. The van der Waals surface area contributed by atoms with E-state index in [-0.39, 0.29) is 30.0 Å². The molecule has 2 aromatic heterocycles. The van der Waals surface area contributed by atoms with E-state index in [0.29, 0.717) is 18.7 Å². The molecule has 3 saturated heterocycles. The summed E-state index contributed by atoms with van der Waals surface area (Å²) in [7, 11) is -3.31. The predicted molar refractivity (Wildman–Crippen MR) is 95.4 cm³/mol. The van der Waals surface area contributed by atoms with E-state index < -0.39 is 15.6 Å². The molecule has 26 heavy (non-hydrogen) atoms. The summed E-state index contributed by atoms with van der Waals surface area (Å²) in [5, 5.41) is 0. The summed E-state index contributed by atoms with van der Waals surface area (Å²) < 4.78 is 26.7. The maximum absolute atomic E-state index is 13.1. The van der Waals surface area contributed by atoms with Crippen LogP contribution in [0, 0.1) is 5.92 Å². The molecule has 5 rings (SSSR count). The van der Waals surface area contributed by atoms with Crippen LogP contribution in [0.1, 0.15) is 23.2 Å². The second kappa shape index (κ2) is 6.17. The average Bonchev–Trinajstić information content (AvgIpc) is 2.94. The monoisotopic (exact) mass is 376 g/mol.